The monoisotopic (exact) mass is 451 g/mol. The maximum atomic E-state index is 4.42. The van der Waals surface area contributed by atoms with Crippen molar-refractivity contribution in [2.45, 2.75) is 33.2 Å². The number of nitrogens with zero attached hydrogens (tertiary/aromatic N) is 3. The topological polar surface area (TPSA) is 62.2 Å². The molecule has 22 heavy (non-hydrogen) atoms. The number of aryl methyl sites for hydroxylation is 2. The van der Waals surface area contributed by atoms with Crippen molar-refractivity contribution in [3.63, 3.8) is 0 Å². The van der Waals surface area contributed by atoms with Crippen molar-refractivity contribution in [2.75, 3.05) is 13.6 Å². The summed E-state index contributed by atoms with van der Waals surface area (Å²) >= 11 is 3.49. The van der Waals surface area contributed by atoms with Crippen LogP contribution in [-0.4, -0.2) is 29.5 Å². The summed E-state index contributed by atoms with van der Waals surface area (Å²) in [5, 5.41) is 8.82. The largest absolute Gasteiger partial charge is 0.356 e. The first-order valence-corrected chi connectivity index (χ1v) is 8.64. The molecule has 0 aliphatic heterocycles. The number of nitrogens with one attached hydrogen (secondary N) is 2. The zero-order valence-electron chi connectivity index (χ0n) is 13.0. The van der Waals surface area contributed by atoms with Crippen LogP contribution in [0, 0.1) is 6.92 Å². The standard InChI is InChI=1S/C14H21N5S2.HI/c1-4-11-8-18-12(21-11)5-6-16-14(15-3)19-9-13-17-7-10(2)20-13;/h7-8H,4-6,9H2,1-3H3,(H2,15,16,19);1H. The average molecular weight is 451 g/mol. The summed E-state index contributed by atoms with van der Waals surface area (Å²) in [7, 11) is 1.78. The number of aromatic nitrogens is 2. The lowest BCUT2D eigenvalue weighted by Gasteiger charge is -2.09. The molecule has 0 amide bonds. The maximum Gasteiger partial charge on any atom is 0.191 e. The highest BCUT2D eigenvalue weighted by Crippen LogP contribution is 2.13. The minimum Gasteiger partial charge on any atom is -0.356 e. The molecule has 2 N–H and O–H groups in total. The average Bonchev–Trinajstić information content (AvgIpc) is 3.11. The molecule has 0 saturated carbocycles. The van der Waals surface area contributed by atoms with Crippen LogP contribution in [0.2, 0.25) is 0 Å². The summed E-state index contributed by atoms with van der Waals surface area (Å²) < 4.78 is 0. The van der Waals surface area contributed by atoms with Crippen molar-refractivity contribution in [1.82, 2.24) is 20.6 Å². The zero-order chi connectivity index (χ0) is 15.1. The predicted octanol–water partition coefficient (Wildman–Crippen LogP) is 3.00. The lowest BCUT2D eigenvalue weighted by Crippen LogP contribution is -2.37. The van der Waals surface area contributed by atoms with Crippen molar-refractivity contribution < 1.29 is 0 Å². The fourth-order valence-corrected chi connectivity index (χ4v) is 3.37. The lowest BCUT2D eigenvalue weighted by atomic mass is 10.4. The Morgan fingerprint density at radius 1 is 1.18 bits per heavy atom. The van der Waals surface area contributed by atoms with Crippen LogP contribution < -0.4 is 10.6 Å². The van der Waals surface area contributed by atoms with Crippen LogP contribution in [0.15, 0.2) is 17.4 Å². The molecule has 0 bridgehead atoms. The first-order valence-electron chi connectivity index (χ1n) is 7.00. The molecule has 0 spiro atoms. The third-order valence-corrected chi connectivity index (χ3v) is 5.00. The molecule has 0 atom stereocenters. The first-order chi connectivity index (χ1) is 10.2. The summed E-state index contributed by atoms with van der Waals surface area (Å²) in [6.07, 6.45) is 5.84. The molecule has 0 aliphatic rings. The number of guanidine groups is 1. The van der Waals surface area contributed by atoms with Crippen LogP contribution in [-0.2, 0) is 19.4 Å². The van der Waals surface area contributed by atoms with E-state index in [9.17, 15) is 0 Å². The van der Waals surface area contributed by atoms with E-state index in [1.807, 2.05) is 12.4 Å². The summed E-state index contributed by atoms with van der Waals surface area (Å²) in [5.41, 5.74) is 0. The molecule has 122 valence electrons. The minimum absolute atomic E-state index is 0. The van der Waals surface area contributed by atoms with Crippen LogP contribution >= 0.6 is 46.7 Å². The molecule has 0 fully saturated rings. The minimum atomic E-state index is 0. The van der Waals surface area contributed by atoms with Gasteiger partial charge >= 0.3 is 0 Å². The van der Waals surface area contributed by atoms with Crippen LogP contribution in [0.3, 0.4) is 0 Å². The number of halogens is 1. The third kappa shape index (κ3) is 6.17. The molecule has 0 radical (unpaired) electrons. The van der Waals surface area contributed by atoms with Gasteiger partial charge in [0.05, 0.1) is 11.6 Å². The molecule has 0 unspecified atom stereocenters. The van der Waals surface area contributed by atoms with Gasteiger partial charge in [0.25, 0.3) is 0 Å². The Morgan fingerprint density at radius 3 is 2.55 bits per heavy atom. The first kappa shape index (κ1) is 19.3. The highest BCUT2D eigenvalue weighted by molar-refractivity contribution is 14.0. The fourth-order valence-electron chi connectivity index (χ4n) is 1.78. The second-order valence-corrected chi connectivity index (χ2v) is 7.06. The van der Waals surface area contributed by atoms with Gasteiger partial charge in [0, 0.05) is 42.2 Å². The molecule has 2 aromatic heterocycles. The highest BCUT2D eigenvalue weighted by Gasteiger charge is 2.03. The second kappa shape index (κ2) is 10.1. The molecule has 0 aromatic carbocycles. The van der Waals surface area contributed by atoms with E-state index in [2.05, 4.69) is 39.4 Å². The Kier molecular flexibility index (Phi) is 8.88. The Balaban J connectivity index is 0.00000242. The quantitative estimate of drug-likeness (QED) is 0.403. The normalized spacial score (nSPS) is 11.1. The van der Waals surface area contributed by atoms with Crippen molar-refractivity contribution in [1.29, 1.82) is 0 Å². The van der Waals surface area contributed by atoms with Crippen LogP contribution in [0.5, 0.6) is 0 Å². The van der Waals surface area contributed by atoms with Crippen LogP contribution in [0.25, 0.3) is 0 Å². The Bertz CT molecular complexity index is 594. The van der Waals surface area contributed by atoms with Gasteiger partial charge in [-0.2, -0.15) is 0 Å². The number of thiazole rings is 2. The molecule has 0 saturated heterocycles. The Hall–Kier alpha value is -0.740. The van der Waals surface area contributed by atoms with Gasteiger partial charge in [0.1, 0.15) is 5.01 Å². The molecular formula is C14H22IN5S2. The van der Waals surface area contributed by atoms with Gasteiger partial charge in [-0.15, -0.1) is 46.7 Å². The molecule has 0 aliphatic carbocycles. The number of aliphatic imine (C=N–C) groups is 1. The number of rotatable bonds is 6. The smallest absolute Gasteiger partial charge is 0.191 e. The van der Waals surface area contributed by atoms with Gasteiger partial charge in [-0.05, 0) is 13.3 Å². The van der Waals surface area contributed by atoms with E-state index in [-0.39, 0.29) is 24.0 Å². The van der Waals surface area contributed by atoms with Crippen molar-refractivity contribution in [3.05, 3.63) is 32.2 Å². The predicted molar refractivity (Wildman–Crippen MR) is 106 cm³/mol. The Morgan fingerprint density at radius 2 is 1.95 bits per heavy atom. The Labute approximate surface area is 156 Å². The summed E-state index contributed by atoms with van der Waals surface area (Å²) in [4.78, 5) is 15.5. The van der Waals surface area contributed by atoms with E-state index in [1.165, 1.54) is 14.8 Å². The zero-order valence-corrected chi connectivity index (χ0v) is 17.0. The van der Waals surface area contributed by atoms with Crippen molar-refractivity contribution in [2.24, 2.45) is 4.99 Å². The van der Waals surface area contributed by atoms with Gasteiger partial charge in [-0.1, -0.05) is 6.92 Å². The van der Waals surface area contributed by atoms with Crippen molar-refractivity contribution >= 4 is 52.6 Å². The van der Waals surface area contributed by atoms with Crippen LogP contribution in [0.1, 0.15) is 26.7 Å². The molecule has 8 heteroatoms. The molecule has 2 rings (SSSR count). The number of hydrogen-bond acceptors (Lipinski definition) is 5. The van der Waals surface area contributed by atoms with E-state index in [1.54, 1.807) is 29.7 Å². The maximum absolute atomic E-state index is 4.42. The lowest BCUT2D eigenvalue weighted by molar-refractivity contribution is 0.789. The van der Waals surface area contributed by atoms with E-state index in [0.717, 1.165) is 30.4 Å². The SMILES string of the molecule is CCc1cnc(CCNC(=NC)NCc2ncc(C)s2)s1.I. The van der Waals surface area contributed by atoms with Gasteiger partial charge < -0.3 is 10.6 Å². The second-order valence-electron chi connectivity index (χ2n) is 4.54. The molecular weight excluding hydrogens is 429 g/mol. The molecule has 5 nitrogen and oxygen atoms in total. The number of hydrogen-bond donors (Lipinski definition) is 2. The van der Waals surface area contributed by atoms with E-state index < -0.39 is 0 Å². The summed E-state index contributed by atoms with van der Waals surface area (Å²) in [6.45, 7) is 5.75. The summed E-state index contributed by atoms with van der Waals surface area (Å²) in [6, 6.07) is 0. The molecule has 2 aromatic rings. The fraction of sp³-hybridized carbons (Fsp3) is 0.500. The van der Waals surface area contributed by atoms with E-state index >= 15 is 0 Å². The summed E-state index contributed by atoms with van der Waals surface area (Å²) in [5.74, 6) is 0.801. The van der Waals surface area contributed by atoms with Gasteiger partial charge in [0.2, 0.25) is 0 Å². The van der Waals surface area contributed by atoms with Gasteiger partial charge in [-0.3, -0.25) is 4.99 Å². The van der Waals surface area contributed by atoms with E-state index in [0.29, 0.717) is 6.54 Å². The van der Waals surface area contributed by atoms with Crippen molar-refractivity contribution in [3.8, 4) is 0 Å². The third-order valence-electron chi connectivity index (χ3n) is 2.88. The van der Waals surface area contributed by atoms with E-state index in [4.69, 9.17) is 0 Å². The van der Waals surface area contributed by atoms with Gasteiger partial charge in [0.15, 0.2) is 5.96 Å². The van der Waals surface area contributed by atoms with Crippen LogP contribution in [0.4, 0.5) is 0 Å². The highest BCUT2D eigenvalue weighted by atomic mass is 127. The molecule has 2 heterocycles. The van der Waals surface area contributed by atoms with Gasteiger partial charge in [-0.25, -0.2) is 9.97 Å².